The van der Waals surface area contributed by atoms with Crippen molar-refractivity contribution in [3.8, 4) is 5.75 Å². The highest BCUT2D eigenvalue weighted by molar-refractivity contribution is 7.89. The monoisotopic (exact) mass is 432 g/mol. The van der Waals surface area contributed by atoms with Crippen LogP contribution in [0.5, 0.6) is 5.75 Å². The maximum Gasteiger partial charge on any atom is 0.251 e. The van der Waals surface area contributed by atoms with Gasteiger partial charge in [-0.3, -0.25) is 4.79 Å². The first-order valence-corrected chi connectivity index (χ1v) is 11.4. The Morgan fingerprint density at radius 1 is 1.10 bits per heavy atom. The van der Waals surface area contributed by atoms with Crippen LogP contribution in [-0.4, -0.2) is 51.0 Å². The third kappa shape index (κ3) is 4.83. The number of amides is 1. The van der Waals surface area contributed by atoms with Crippen molar-refractivity contribution in [2.24, 2.45) is 0 Å². The molecule has 0 bridgehead atoms. The minimum absolute atomic E-state index is 0.162. The Morgan fingerprint density at radius 2 is 1.70 bits per heavy atom. The maximum absolute atomic E-state index is 12.9. The number of hydrogen-bond acceptors (Lipinski definition) is 5. The molecule has 2 aromatic carbocycles. The van der Waals surface area contributed by atoms with Crippen LogP contribution in [0, 0.1) is 0 Å². The quantitative estimate of drug-likeness (QED) is 0.759. The van der Waals surface area contributed by atoms with Gasteiger partial charge in [0.2, 0.25) is 10.0 Å². The van der Waals surface area contributed by atoms with E-state index in [-0.39, 0.29) is 29.1 Å². The molecule has 0 aromatic heterocycles. The molecule has 2 aromatic rings. The molecule has 1 aliphatic heterocycles. The Labute approximate surface area is 178 Å². The molecule has 1 heterocycles. The van der Waals surface area contributed by atoms with Crippen molar-refractivity contribution in [2.75, 3.05) is 20.2 Å². The van der Waals surface area contributed by atoms with Crippen LogP contribution in [0.3, 0.4) is 0 Å². The standard InChI is InChI=1S/C22H28N2O5S/c1-15-13-24(14-16(2)29-15)30(26,27)19-11-9-18(10-12-19)22(25)23-17(3)20-7-5-6-8-21(20)28-4/h5-12,15-17H,13-14H2,1-4H3,(H,23,25)/t15-,16-,17-/m0/s1. The normalized spacial score (nSPS) is 21.1. The molecule has 1 aliphatic rings. The number of hydrogen-bond donors (Lipinski definition) is 1. The molecule has 1 amide bonds. The van der Waals surface area contributed by atoms with Crippen LogP contribution < -0.4 is 10.1 Å². The smallest absolute Gasteiger partial charge is 0.251 e. The van der Waals surface area contributed by atoms with Gasteiger partial charge in [-0.1, -0.05) is 18.2 Å². The average molecular weight is 433 g/mol. The lowest BCUT2D eigenvalue weighted by Crippen LogP contribution is -2.48. The van der Waals surface area contributed by atoms with Gasteiger partial charge in [0.05, 0.1) is 30.3 Å². The van der Waals surface area contributed by atoms with E-state index in [1.54, 1.807) is 7.11 Å². The molecule has 8 heteroatoms. The van der Waals surface area contributed by atoms with Crippen LogP contribution in [0.25, 0.3) is 0 Å². The Hall–Kier alpha value is -2.42. The minimum Gasteiger partial charge on any atom is -0.496 e. The minimum atomic E-state index is -3.64. The molecule has 30 heavy (non-hydrogen) atoms. The number of rotatable bonds is 6. The molecule has 3 rings (SSSR count). The Kier molecular flexibility index (Phi) is 6.80. The van der Waals surface area contributed by atoms with Crippen LogP contribution in [0.1, 0.15) is 42.7 Å². The first kappa shape index (κ1) is 22.3. The summed E-state index contributed by atoms with van der Waals surface area (Å²) in [5.74, 6) is 0.409. The fourth-order valence-electron chi connectivity index (χ4n) is 3.64. The first-order valence-electron chi connectivity index (χ1n) is 9.92. The second kappa shape index (κ2) is 9.16. The highest BCUT2D eigenvalue weighted by Gasteiger charge is 2.32. The van der Waals surface area contributed by atoms with E-state index in [1.165, 1.54) is 28.6 Å². The van der Waals surface area contributed by atoms with Gasteiger partial charge in [-0.15, -0.1) is 0 Å². The van der Waals surface area contributed by atoms with E-state index < -0.39 is 10.0 Å². The van der Waals surface area contributed by atoms with Crippen LogP contribution in [0.15, 0.2) is 53.4 Å². The zero-order valence-corrected chi connectivity index (χ0v) is 18.5. The van der Waals surface area contributed by atoms with Gasteiger partial charge >= 0.3 is 0 Å². The van der Waals surface area contributed by atoms with Gasteiger partial charge < -0.3 is 14.8 Å². The lowest BCUT2D eigenvalue weighted by atomic mass is 10.1. The summed E-state index contributed by atoms with van der Waals surface area (Å²) in [5, 5.41) is 2.93. The number of para-hydroxylation sites is 1. The summed E-state index contributed by atoms with van der Waals surface area (Å²) in [6.07, 6.45) is -0.324. The van der Waals surface area contributed by atoms with Crippen LogP contribution in [0.2, 0.25) is 0 Å². The van der Waals surface area contributed by atoms with Crippen molar-refractivity contribution in [3.05, 3.63) is 59.7 Å². The van der Waals surface area contributed by atoms with Gasteiger partial charge in [-0.2, -0.15) is 4.31 Å². The number of sulfonamides is 1. The van der Waals surface area contributed by atoms with Gasteiger partial charge in [0.1, 0.15) is 5.75 Å². The van der Waals surface area contributed by atoms with E-state index in [9.17, 15) is 13.2 Å². The van der Waals surface area contributed by atoms with E-state index in [2.05, 4.69) is 5.32 Å². The fraction of sp³-hybridized carbons (Fsp3) is 0.409. The van der Waals surface area contributed by atoms with Crippen molar-refractivity contribution in [1.29, 1.82) is 0 Å². The number of ether oxygens (including phenoxy) is 2. The molecule has 0 radical (unpaired) electrons. The van der Waals surface area contributed by atoms with Crippen molar-refractivity contribution < 1.29 is 22.7 Å². The summed E-state index contributed by atoms with van der Waals surface area (Å²) in [5.41, 5.74) is 1.25. The molecule has 7 nitrogen and oxygen atoms in total. The molecule has 162 valence electrons. The summed E-state index contributed by atoms with van der Waals surface area (Å²) < 4.78 is 38.3. The summed E-state index contributed by atoms with van der Waals surface area (Å²) in [7, 11) is -2.05. The molecular formula is C22H28N2O5S. The van der Waals surface area contributed by atoms with Gasteiger partial charge in [0, 0.05) is 24.2 Å². The summed E-state index contributed by atoms with van der Waals surface area (Å²) in [6, 6.07) is 13.2. The van der Waals surface area contributed by atoms with Crippen LogP contribution >= 0.6 is 0 Å². The van der Waals surface area contributed by atoms with Crippen LogP contribution in [0.4, 0.5) is 0 Å². The summed E-state index contributed by atoms with van der Waals surface area (Å²) in [6.45, 7) is 6.20. The molecule has 1 saturated heterocycles. The van der Waals surface area contributed by atoms with Crippen molar-refractivity contribution in [1.82, 2.24) is 9.62 Å². The Balaban J connectivity index is 1.72. The van der Waals surface area contributed by atoms with E-state index in [0.717, 1.165) is 5.56 Å². The molecule has 0 aliphatic carbocycles. The molecule has 0 unspecified atom stereocenters. The Bertz CT molecular complexity index is 981. The molecule has 1 N–H and O–H groups in total. The van der Waals surface area contributed by atoms with Crippen LogP contribution in [-0.2, 0) is 14.8 Å². The molecule has 0 saturated carbocycles. The number of nitrogens with zero attached hydrogens (tertiary/aromatic N) is 1. The van der Waals surface area contributed by atoms with E-state index in [4.69, 9.17) is 9.47 Å². The SMILES string of the molecule is COc1ccccc1[C@H](C)NC(=O)c1ccc(S(=O)(=O)N2C[C@H](C)O[C@@H](C)C2)cc1. The van der Waals surface area contributed by atoms with Crippen molar-refractivity contribution in [3.63, 3.8) is 0 Å². The third-order valence-electron chi connectivity index (χ3n) is 5.09. The third-order valence-corrected chi connectivity index (χ3v) is 6.94. The van der Waals surface area contributed by atoms with E-state index in [1.807, 2.05) is 45.0 Å². The predicted octanol–water partition coefficient (Wildman–Crippen LogP) is 2.98. The predicted molar refractivity (Wildman–Crippen MR) is 114 cm³/mol. The zero-order chi connectivity index (χ0) is 21.9. The fourth-order valence-corrected chi connectivity index (χ4v) is 5.23. The Morgan fingerprint density at radius 3 is 2.30 bits per heavy atom. The van der Waals surface area contributed by atoms with Gasteiger partial charge in [0.15, 0.2) is 0 Å². The lowest BCUT2D eigenvalue weighted by Gasteiger charge is -2.34. The highest BCUT2D eigenvalue weighted by atomic mass is 32.2. The van der Waals surface area contributed by atoms with E-state index in [0.29, 0.717) is 24.4 Å². The average Bonchev–Trinajstić information content (AvgIpc) is 2.73. The zero-order valence-electron chi connectivity index (χ0n) is 17.7. The number of morpholine rings is 1. The van der Waals surface area contributed by atoms with Crippen molar-refractivity contribution >= 4 is 15.9 Å². The largest absolute Gasteiger partial charge is 0.496 e. The number of nitrogens with one attached hydrogen (secondary N) is 1. The first-order chi connectivity index (χ1) is 14.2. The summed E-state index contributed by atoms with van der Waals surface area (Å²) >= 11 is 0. The topological polar surface area (TPSA) is 84.9 Å². The number of benzene rings is 2. The number of carbonyl (C=O) groups is 1. The molecular weight excluding hydrogens is 404 g/mol. The molecule has 0 spiro atoms. The lowest BCUT2D eigenvalue weighted by molar-refractivity contribution is -0.0440. The van der Waals surface area contributed by atoms with E-state index >= 15 is 0 Å². The second-order valence-electron chi connectivity index (χ2n) is 7.54. The molecule has 3 atom stereocenters. The van der Waals surface area contributed by atoms with Gasteiger partial charge in [-0.05, 0) is 51.1 Å². The van der Waals surface area contributed by atoms with Gasteiger partial charge in [-0.25, -0.2) is 8.42 Å². The highest BCUT2D eigenvalue weighted by Crippen LogP contribution is 2.25. The summed E-state index contributed by atoms with van der Waals surface area (Å²) in [4.78, 5) is 12.8. The number of methoxy groups -OCH3 is 1. The van der Waals surface area contributed by atoms with Gasteiger partial charge in [0.25, 0.3) is 5.91 Å². The van der Waals surface area contributed by atoms with Crippen molar-refractivity contribution in [2.45, 2.75) is 43.9 Å². The molecule has 1 fully saturated rings. The maximum atomic E-state index is 12.9. The number of carbonyl (C=O) groups excluding carboxylic acids is 1. The second-order valence-corrected chi connectivity index (χ2v) is 9.48.